The van der Waals surface area contributed by atoms with Gasteiger partial charge in [0.1, 0.15) is 0 Å². The fourth-order valence-corrected chi connectivity index (χ4v) is 0. The molecule has 0 heteroatoms. The van der Waals surface area contributed by atoms with Gasteiger partial charge < -0.3 is 0 Å². The SMILES string of the molecule is CC(C)C.CC(C)C.CC(C)C.CC(C)C.CC(C)C.CC(C)C.CC(C)C.CC(C)C.CC(C)C.CC(C)C.CC(C)C. The molecule has 0 N–H and O–H groups in total. The average molecular weight is 639 g/mol. The molecule has 0 aromatic rings. The van der Waals surface area contributed by atoms with E-state index in [0.29, 0.717) is 0 Å². The normalized spacial score (nSPS) is 9.00. The molecule has 0 atom stereocenters. The lowest BCUT2D eigenvalue weighted by Gasteiger charge is -1.79. The van der Waals surface area contributed by atoms with Crippen LogP contribution in [0.1, 0.15) is 228 Å². The van der Waals surface area contributed by atoms with Gasteiger partial charge in [0, 0.05) is 0 Å². The van der Waals surface area contributed by atoms with Crippen LogP contribution in [-0.4, -0.2) is 0 Å². The van der Waals surface area contributed by atoms with Gasteiger partial charge in [-0.2, -0.15) is 0 Å². The fraction of sp³-hybridized carbons (Fsp3) is 1.00. The zero-order valence-electron chi connectivity index (χ0n) is 39.4. The standard InChI is InChI=1S/11C4H10/c11*1-4(2)3/h11*4H,1-3H3. The maximum Gasteiger partial charge on any atom is -0.0500 e. The first-order chi connectivity index (χ1) is 19.1. The van der Waals surface area contributed by atoms with E-state index in [-0.39, 0.29) is 0 Å². The number of rotatable bonds is 0. The molecule has 0 aliphatic heterocycles. The van der Waals surface area contributed by atoms with Gasteiger partial charge in [-0.15, -0.1) is 0 Å². The highest BCUT2D eigenvalue weighted by atomic mass is 13.8. The van der Waals surface area contributed by atoms with Crippen molar-refractivity contribution in [3.63, 3.8) is 0 Å². The van der Waals surface area contributed by atoms with Crippen molar-refractivity contribution in [1.82, 2.24) is 0 Å². The highest BCUT2D eigenvalue weighted by Crippen LogP contribution is 1.84. The molecule has 0 heterocycles. The molecule has 0 bridgehead atoms. The maximum absolute atomic E-state index is 2.17. The second-order valence-electron chi connectivity index (χ2n) is 19.1. The van der Waals surface area contributed by atoms with Crippen molar-refractivity contribution >= 4 is 0 Å². The second kappa shape index (κ2) is 69.7. The fourth-order valence-electron chi connectivity index (χ4n) is 0. The van der Waals surface area contributed by atoms with Crippen LogP contribution >= 0.6 is 0 Å². The molecule has 286 valence electrons. The van der Waals surface area contributed by atoms with Gasteiger partial charge in [0.25, 0.3) is 0 Å². The Balaban J connectivity index is -0.0000000302. The zero-order valence-corrected chi connectivity index (χ0v) is 39.4. The predicted octanol–water partition coefficient (Wildman–Crippen LogP) is 18.3. The third-order valence-electron chi connectivity index (χ3n) is 0. The summed E-state index contributed by atoms with van der Waals surface area (Å²) in [6.45, 7) is 71.5. The summed E-state index contributed by atoms with van der Waals surface area (Å²) in [6, 6.07) is 0. The Bertz CT molecular complexity index is 166. The largest absolute Gasteiger partial charge is 0.0630 e. The molecule has 44 heavy (non-hydrogen) atoms. The van der Waals surface area contributed by atoms with Crippen LogP contribution in [0.5, 0.6) is 0 Å². The molecule has 0 aromatic carbocycles. The summed E-state index contributed by atoms with van der Waals surface area (Å²) in [5, 5.41) is 0. The Kier molecular flexibility index (Phi) is 118. The monoisotopic (exact) mass is 639 g/mol. The van der Waals surface area contributed by atoms with Crippen LogP contribution in [-0.2, 0) is 0 Å². The first-order valence-corrected chi connectivity index (χ1v) is 19.1. The molecule has 0 amide bonds. The highest BCUT2D eigenvalue weighted by Gasteiger charge is 1.71. The van der Waals surface area contributed by atoms with Gasteiger partial charge in [-0.1, -0.05) is 228 Å². The van der Waals surface area contributed by atoms with Crippen LogP contribution in [0, 0.1) is 65.1 Å². The minimum Gasteiger partial charge on any atom is -0.0630 e. The molecule has 0 nitrogen and oxygen atoms in total. The number of hydrogen-bond donors (Lipinski definition) is 0. The van der Waals surface area contributed by atoms with Gasteiger partial charge in [-0.25, -0.2) is 0 Å². The quantitative estimate of drug-likeness (QED) is 0.248. The van der Waals surface area contributed by atoms with Crippen LogP contribution in [0.3, 0.4) is 0 Å². The van der Waals surface area contributed by atoms with Crippen LogP contribution in [0.15, 0.2) is 0 Å². The topological polar surface area (TPSA) is 0 Å². The molecule has 0 saturated heterocycles. The van der Waals surface area contributed by atoms with Crippen LogP contribution in [0.25, 0.3) is 0 Å². The molecule has 0 rings (SSSR count). The molecule has 0 spiro atoms. The van der Waals surface area contributed by atoms with E-state index in [9.17, 15) is 0 Å². The second-order valence-corrected chi connectivity index (χ2v) is 19.1. The van der Waals surface area contributed by atoms with Gasteiger partial charge in [-0.05, 0) is 65.1 Å². The summed E-state index contributed by atoms with van der Waals surface area (Å²) >= 11 is 0. The van der Waals surface area contributed by atoms with E-state index in [0.717, 1.165) is 65.1 Å². The average Bonchev–Trinajstić information content (AvgIpc) is 2.55. The lowest BCUT2D eigenvalue weighted by atomic mass is 10.3. The van der Waals surface area contributed by atoms with Crippen LogP contribution in [0.4, 0.5) is 0 Å². The highest BCUT2D eigenvalue weighted by molar-refractivity contribution is 4.24. The Morgan fingerprint density at radius 2 is 0.0909 bits per heavy atom. The van der Waals surface area contributed by atoms with Crippen molar-refractivity contribution in [2.45, 2.75) is 228 Å². The van der Waals surface area contributed by atoms with E-state index in [1.54, 1.807) is 0 Å². The molecule has 0 saturated carbocycles. The smallest absolute Gasteiger partial charge is 0.0500 e. The van der Waals surface area contributed by atoms with Crippen molar-refractivity contribution in [2.24, 2.45) is 65.1 Å². The van der Waals surface area contributed by atoms with Crippen molar-refractivity contribution in [3.05, 3.63) is 0 Å². The summed E-state index contributed by atoms with van der Waals surface area (Å²) in [6.07, 6.45) is 0. The van der Waals surface area contributed by atoms with E-state index in [1.807, 2.05) is 0 Å². The predicted molar refractivity (Wildman–Crippen MR) is 226 cm³/mol. The van der Waals surface area contributed by atoms with Gasteiger partial charge >= 0.3 is 0 Å². The minimum atomic E-state index is 0.833. The van der Waals surface area contributed by atoms with Gasteiger partial charge in [0.2, 0.25) is 0 Å². The molecule has 0 aromatic heterocycles. The van der Waals surface area contributed by atoms with Crippen LogP contribution in [0.2, 0.25) is 0 Å². The summed E-state index contributed by atoms with van der Waals surface area (Å²) in [5.74, 6) is 9.17. The Hall–Kier alpha value is 0. The van der Waals surface area contributed by atoms with Crippen molar-refractivity contribution in [2.75, 3.05) is 0 Å². The third kappa shape index (κ3) is 0. The molecule has 0 aliphatic carbocycles. The molecular formula is C44H110. The minimum absolute atomic E-state index is 0.833. The van der Waals surface area contributed by atoms with Crippen LogP contribution < -0.4 is 0 Å². The molecule has 0 radical (unpaired) electrons. The van der Waals surface area contributed by atoms with E-state index in [2.05, 4.69) is 228 Å². The van der Waals surface area contributed by atoms with Crippen molar-refractivity contribution < 1.29 is 0 Å². The first-order valence-electron chi connectivity index (χ1n) is 19.1. The number of hydrogen-bond acceptors (Lipinski definition) is 0. The molecular weight excluding hydrogens is 528 g/mol. The van der Waals surface area contributed by atoms with E-state index in [1.165, 1.54) is 0 Å². The Labute approximate surface area is 292 Å². The van der Waals surface area contributed by atoms with E-state index >= 15 is 0 Å². The van der Waals surface area contributed by atoms with E-state index in [4.69, 9.17) is 0 Å². The van der Waals surface area contributed by atoms with Gasteiger partial charge in [0.15, 0.2) is 0 Å². The summed E-state index contributed by atoms with van der Waals surface area (Å²) in [7, 11) is 0. The van der Waals surface area contributed by atoms with Gasteiger partial charge in [-0.3, -0.25) is 0 Å². The zero-order chi connectivity index (χ0) is 39.4. The Morgan fingerprint density at radius 3 is 0.0909 bits per heavy atom. The third-order valence-corrected chi connectivity index (χ3v) is 0. The van der Waals surface area contributed by atoms with Crippen molar-refractivity contribution in [3.8, 4) is 0 Å². The lowest BCUT2D eigenvalue weighted by molar-refractivity contribution is 0.736. The first kappa shape index (κ1) is 74.7. The van der Waals surface area contributed by atoms with Crippen molar-refractivity contribution in [1.29, 1.82) is 0 Å². The summed E-state index contributed by atoms with van der Waals surface area (Å²) in [5.41, 5.74) is 0. The summed E-state index contributed by atoms with van der Waals surface area (Å²) in [4.78, 5) is 0. The lowest BCUT2D eigenvalue weighted by Crippen LogP contribution is -1.66. The Morgan fingerprint density at radius 1 is 0.0909 bits per heavy atom. The molecule has 0 aliphatic rings. The van der Waals surface area contributed by atoms with E-state index < -0.39 is 0 Å². The van der Waals surface area contributed by atoms with Gasteiger partial charge in [0.05, 0.1) is 0 Å². The molecule has 0 fully saturated rings. The summed E-state index contributed by atoms with van der Waals surface area (Å²) < 4.78 is 0. The maximum atomic E-state index is 2.17. The molecule has 0 unspecified atom stereocenters.